The molecule has 1 saturated heterocycles. The Morgan fingerprint density at radius 1 is 1.25 bits per heavy atom. The van der Waals surface area contributed by atoms with Gasteiger partial charge >= 0.3 is 0 Å². The second-order valence-corrected chi connectivity index (χ2v) is 6.95. The van der Waals surface area contributed by atoms with Crippen molar-refractivity contribution in [3.05, 3.63) is 77.4 Å². The van der Waals surface area contributed by atoms with Gasteiger partial charge in [-0.15, -0.1) is 0 Å². The van der Waals surface area contributed by atoms with Gasteiger partial charge in [0.15, 0.2) is 0 Å². The number of ether oxygens (including phenoxy) is 1. The molecule has 4 N–H and O–H groups in total. The summed E-state index contributed by atoms with van der Waals surface area (Å²) in [6.07, 6.45) is 5.61. The number of carbonyl (C=O) groups excluding carboxylic acids is 1. The molecule has 0 aromatic heterocycles. The molecule has 1 fully saturated rings. The first-order chi connectivity index (χ1) is 13.7. The molecule has 0 atom stereocenters. The molecule has 0 spiro atoms. The Hall–Kier alpha value is -2.89. The predicted molar refractivity (Wildman–Crippen MR) is 114 cm³/mol. The Morgan fingerprint density at radius 2 is 2.07 bits per heavy atom. The average Bonchev–Trinajstić information content (AvgIpc) is 2.66. The summed E-state index contributed by atoms with van der Waals surface area (Å²) in [6, 6.07) is 13.5. The van der Waals surface area contributed by atoms with E-state index in [2.05, 4.69) is 23.3 Å². The molecular weight excluding hydrogens is 350 g/mol. The van der Waals surface area contributed by atoms with Gasteiger partial charge < -0.3 is 21.1 Å². The number of rotatable bonds is 10. The highest BCUT2D eigenvalue weighted by Gasteiger charge is 2.15. The summed E-state index contributed by atoms with van der Waals surface area (Å²) in [6.45, 7) is 8.12. The number of nitrogens with two attached hydrogens (primary N) is 1. The minimum absolute atomic E-state index is 0.432. The molecular formula is C23H27N3O2. The molecule has 1 amide bonds. The second kappa shape index (κ2) is 9.88. The van der Waals surface area contributed by atoms with Crippen molar-refractivity contribution < 1.29 is 9.53 Å². The molecule has 2 aromatic rings. The van der Waals surface area contributed by atoms with E-state index >= 15 is 0 Å². The van der Waals surface area contributed by atoms with Gasteiger partial charge in [-0.25, -0.2) is 0 Å². The predicted octanol–water partition coefficient (Wildman–Crippen LogP) is 2.83. The molecule has 0 saturated carbocycles. The van der Waals surface area contributed by atoms with Gasteiger partial charge in [-0.2, -0.15) is 0 Å². The molecule has 0 aliphatic carbocycles. The Bertz CT molecular complexity index is 857. The molecule has 2 aromatic carbocycles. The van der Waals surface area contributed by atoms with Crippen molar-refractivity contribution in [1.29, 1.82) is 0 Å². The van der Waals surface area contributed by atoms with Crippen LogP contribution >= 0.6 is 0 Å². The number of hydrogen-bond donors (Lipinski definition) is 3. The molecule has 1 aliphatic rings. The van der Waals surface area contributed by atoms with Gasteiger partial charge in [-0.1, -0.05) is 49.1 Å². The first kappa shape index (κ1) is 19.9. The van der Waals surface area contributed by atoms with Crippen molar-refractivity contribution in [2.75, 3.05) is 26.2 Å². The Kier molecular flexibility index (Phi) is 7.00. The first-order valence-electron chi connectivity index (χ1n) is 9.51. The van der Waals surface area contributed by atoms with Crippen LogP contribution in [0.3, 0.4) is 0 Å². The summed E-state index contributed by atoms with van der Waals surface area (Å²) >= 11 is 0. The van der Waals surface area contributed by atoms with Crippen LogP contribution in [0.25, 0.3) is 12.2 Å². The van der Waals surface area contributed by atoms with Crippen LogP contribution in [-0.4, -0.2) is 32.1 Å². The normalized spacial score (nSPS) is 14.0. The number of hydrogen-bond acceptors (Lipinski definition) is 4. The zero-order valence-corrected chi connectivity index (χ0v) is 16.0. The quantitative estimate of drug-likeness (QED) is 0.440. The van der Waals surface area contributed by atoms with Gasteiger partial charge in [0, 0.05) is 31.7 Å². The summed E-state index contributed by atoms with van der Waals surface area (Å²) < 4.78 is 5.75. The standard InChI is InChI=1S/C23H27N3O2/c1-2-9-28-21-11-17(7-8-20-5-3-4-6-22(20)23(24)27)10-18(12-21)13-25-14-19-15-26-16-19/h2-8,10-12,19,25-26H,1,9,13-16H2,(H2,24,27)/b8-7+. The molecule has 28 heavy (non-hydrogen) atoms. The van der Waals surface area contributed by atoms with Crippen LogP contribution in [0.1, 0.15) is 27.0 Å². The van der Waals surface area contributed by atoms with Crippen LogP contribution in [0.2, 0.25) is 0 Å². The minimum Gasteiger partial charge on any atom is -0.490 e. The molecule has 3 rings (SSSR count). The van der Waals surface area contributed by atoms with E-state index in [1.165, 1.54) is 0 Å². The van der Waals surface area contributed by atoms with Crippen LogP contribution in [0, 0.1) is 5.92 Å². The summed E-state index contributed by atoms with van der Waals surface area (Å²) in [5, 5.41) is 6.80. The zero-order valence-electron chi connectivity index (χ0n) is 16.0. The van der Waals surface area contributed by atoms with E-state index in [1.54, 1.807) is 12.1 Å². The number of carbonyl (C=O) groups is 1. The summed E-state index contributed by atoms with van der Waals surface area (Å²) in [7, 11) is 0. The lowest BCUT2D eigenvalue weighted by Gasteiger charge is -2.27. The first-order valence-corrected chi connectivity index (χ1v) is 9.51. The monoisotopic (exact) mass is 377 g/mol. The fraction of sp³-hybridized carbons (Fsp3) is 0.261. The van der Waals surface area contributed by atoms with Gasteiger partial charge in [0.25, 0.3) is 0 Å². The third-order valence-electron chi connectivity index (χ3n) is 4.67. The van der Waals surface area contributed by atoms with Crippen molar-refractivity contribution in [2.45, 2.75) is 6.54 Å². The van der Waals surface area contributed by atoms with Gasteiger partial charge in [0.2, 0.25) is 5.91 Å². The molecule has 146 valence electrons. The summed E-state index contributed by atoms with van der Waals surface area (Å²) in [4.78, 5) is 11.6. The molecule has 0 unspecified atom stereocenters. The SMILES string of the molecule is C=CCOc1cc(/C=C/c2ccccc2C(N)=O)cc(CNCC2CNC2)c1. The number of nitrogens with one attached hydrogen (secondary N) is 2. The van der Waals surface area contributed by atoms with E-state index in [1.807, 2.05) is 42.5 Å². The van der Waals surface area contributed by atoms with Crippen molar-refractivity contribution >= 4 is 18.1 Å². The fourth-order valence-corrected chi connectivity index (χ4v) is 3.09. The Morgan fingerprint density at radius 3 is 2.79 bits per heavy atom. The lowest BCUT2D eigenvalue weighted by molar-refractivity contribution is 0.1000. The highest BCUT2D eigenvalue weighted by Crippen LogP contribution is 2.21. The average molecular weight is 377 g/mol. The van der Waals surface area contributed by atoms with E-state index in [0.29, 0.717) is 18.1 Å². The molecule has 5 nitrogen and oxygen atoms in total. The smallest absolute Gasteiger partial charge is 0.249 e. The van der Waals surface area contributed by atoms with Gasteiger partial charge in [-0.3, -0.25) is 4.79 Å². The van der Waals surface area contributed by atoms with Crippen molar-refractivity contribution in [1.82, 2.24) is 10.6 Å². The van der Waals surface area contributed by atoms with Crippen molar-refractivity contribution in [2.24, 2.45) is 11.7 Å². The molecule has 5 heteroatoms. The van der Waals surface area contributed by atoms with E-state index in [9.17, 15) is 4.79 Å². The third-order valence-corrected chi connectivity index (χ3v) is 4.67. The topological polar surface area (TPSA) is 76.4 Å². The van der Waals surface area contributed by atoms with Crippen molar-refractivity contribution in [3.63, 3.8) is 0 Å². The molecule has 0 bridgehead atoms. The lowest BCUT2D eigenvalue weighted by Crippen LogP contribution is -2.47. The lowest BCUT2D eigenvalue weighted by atomic mass is 10.0. The maximum Gasteiger partial charge on any atom is 0.249 e. The summed E-state index contributed by atoms with van der Waals surface area (Å²) in [5.41, 5.74) is 8.92. The van der Waals surface area contributed by atoms with Gasteiger partial charge in [-0.05, 0) is 40.8 Å². The van der Waals surface area contributed by atoms with Crippen molar-refractivity contribution in [3.8, 4) is 5.75 Å². The van der Waals surface area contributed by atoms with E-state index < -0.39 is 5.91 Å². The highest BCUT2D eigenvalue weighted by atomic mass is 16.5. The van der Waals surface area contributed by atoms with E-state index in [-0.39, 0.29) is 0 Å². The minimum atomic E-state index is -0.432. The largest absolute Gasteiger partial charge is 0.490 e. The van der Waals surface area contributed by atoms with Crippen LogP contribution in [0.4, 0.5) is 0 Å². The zero-order chi connectivity index (χ0) is 19.8. The number of amides is 1. The fourth-order valence-electron chi connectivity index (χ4n) is 3.09. The van der Waals surface area contributed by atoms with Crippen LogP contribution < -0.4 is 21.1 Å². The molecule has 1 aliphatic heterocycles. The number of benzene rings is 2. The van der Waals surface area contributed by atoms with E-state index in [4.69, 9.17) is 10.5 Å². The van der Waals surface area contributed by atoms with Crippen LogP contribution in [0.5, 0.6) is 5.75 Å². The maximum atomic E-state index is 11.6. The Labute approximate surface area is 166 Å². The van der Waals surface area contributed by atoms with Crippen LogP contribution in [0.15, 0.2) is 55.1 Å². The second-order valence-electron chi connectivity index (χ2n) is 6.95. The van der Waals surface area contributed by atoms with E-state index in [0.717, 1.165) is 48.6 Å². The highest BCUT2D eigenvalue weighted by molar-refractivity contribution is 5.97. The molecule has 0 radical (unpaired) electrons. The van der Waals surface area contributed by atoms with Gasteiger partial charge in [0.1, 0.15) is 12.4 Å². The number of primary amides is 1. The maximum absolute atomic E-state index is 11.6. The molecule has 1 heterocycles. The Balaban J connectivity index is 1.77. The van der Waals surface area contributed by atoms with Gasteiger partial charge in [0.05, 0.1) is 0 Å². The van der Waals surface area contributed by atoms with Crippen LogP contribution in [-0.2, 0) is 6.54 Å². The third kappa shape index (κ3) is 5.55. The summed E-state index contributed by atoms with van der Waals surface area (Å²) in [5.74, 6) is 1.08.